The zero-order valence-corrected chi connectivity index (χ0v) is 22.8. The fourth-order valence-corrected chi connectivity index (χ4v) is 8.28. The molecule has 0 amide bonds. The second kappa shape index (κ2) is 9.45. The number of aliphatic hydroxyl groups is 1. The first-order valence-corrected chi connectivity index (χ1v) is 13.8. The van der Waals surface area contributed by atoms with E-state index >= 15 is 0 Å². The molecule has 3 N–H and O–H groups in total. The highest BCUT2D eigenvalue weighted by Crippen LogP contribution is 2.68. The van der Waals surface area contributed by atoms with Gasteiger partial charge >= 0.3 is 13.1 Å². The summed E-state index contributed by atoms with van der Waals surface area (Å²) < 4.78 is 26.3. The number of carbonyl (C=O) groups excluding carboxylic acids is 2. The molecule has 1 aromatic carbocycles. The number of esters is 1. The number of hydrogen-bond donors (Lipinski definition) is 3. The van der Waals surface area contributed by atoms with Gasteiger partial charge in [-0.3, -0.25) is 9.59 Å². The minimum atomic E-state index is -1.34. The number of carbonyl (C=O) groups is 2. The lowest BCUT2D eigenvalue weighted by Crippen LogP contribution is -2.63. The number of halogens is 1. The van der Waals surface area contributed by atoms with Crippen molar-refractivity contribution in [3.8, 4) is 0 Å². The fourth-order valence-electron chi connectivity index (χ4n) is 8.28. The third kappa shape index (κ3) is 3.87. The van der Waals surface area contributed by atoms with Crippen LogP contribution in [-0.2, 0) is 25.6 Å². The highest BCUT2D eigenvalue weighted by molar-refractivity contribution is 6.61. The molecule has 0 aromatic heterocycles. The normalized spacial score (nSPS) is 40.1. The van der Waals surface area contributed by atoms with Crippen LogP contribution in [0.25, 0.3) is 0 Å². The number of benzene rings is 1. The summed E-state index contributed by atoms with van der Waals surface area (Å²) in [5.41, 5.74) is -0.958. The number of fused-ring (bicyclic) bond motifs is 1. The average Bonchev–Trinajstić information content (AvgIpc) is 3.45. The van der Waals surface area contributed by atoms with Crippen LogP contribution in [0.5, 0.6) is 0 Å². The van der Waals surface area contributed by atoms with E-state index in [4.69, 9.17) is 9.39 Å². The maximum Gasteiger partial charge on any atom is 0.494 e. The summed E-state index contributed by atoms with van der Waals surface area (Å²) in [7, 11) is -1.34. The van der Waals surface area contributed by atoms with Gasteiger partial charge in [-0.05, 0) is 54.6 Å². The molecular weight excluding hydrogens is 488 g/mol. The summed E-state index contributed by atoms with van der Waals surface area (Å²) in [5.74, 6) is -1.32. The standard InChI is InChI=1S/C29H39BFNO6/c1-6-27(4)13-21(38-22(34)14-32-19-8-7-18-15-37-30(36)23(18)24(19)31)28(5)16(2)9-11-29(17(3)26(27)35)12-10-20(33)25(28)29/h6-8,16-17,21,25-26,32,35-36H,1,9-15H2,2-5H3/t16-,17-,21+,25-,26-,27+,28-,29-/m0/s1. The van der Waals surface area contributed by atoms with Gasteiger partial charge in [-0.1, -0.05) is 39.8 Å². The molecule has 1 aromatic rings. The van der Waals surface area contributed by atoms with E-state index < -0.39 is 41.9 Å². The van der Waals surface area contributed by atoms with Gasteiger partial charge in [0.1, 0.15) is 24.2 Å². The van der Waals surface area contributed by atoms with E-state index in [0.717, 1.165) is 19.3 Å². The third-order valence-corrected chi connectivity index (χ3v) is 10.9. The Morgan fingerprint density at radius 1 is 1.34 bits per heavy atom. The number of nitrogens with one attached hydrogen (secondary N) is 1. The molecule has 4 aliphatic rings. The molecule has 1 aliphatic heterocycles. The van der Waals surface area contributed by atoms with Gasteiger partial charge in [-0.15, -0.1) is 6.58 Å². The first-order valence-electron chi connectivity index (χ1n) is 13.8. The summed E-state index contributed by atoms with van der Waals surface area (Å²) in [6.07, 6.45) is 3.69. The Balaban J connectivity index is 1.44. The van der Waals surface area contributed by atoms with Gasteiger partial charge in [-0.2, -0.15) is 0 Å². The van der Waals surface area contributed by atoms with Gasteiger partial charge in [0.05, 0.1) is 18.4 Å². The minimum Gasteiger partial charge on any atom is -0.460 e. The molecule has 8 atom stereocenters. The van der Waals surface area contributed by atoms with Crippen LogP contribution < -0.4 is 10.8 Å². The van der Waals surface area contributed by atoms with Crippen LogP contribution in [0.3, 0.4) is 0 Å². The molecule has 3 aliphatic carbocycles. The number of hydrogen-bond acceptors (Lipinski definition) is 7. The number of anilines is 1. The Morgan fingerprint density at radius 2 is 2.08 bits per heavy atom. The molecule has 38 heavy (non-hydrogen) atoms. The quantitative estimate of drug-likeness (QED) is 0.307. The second-order valence-electron chi connectivity index (χ2n) is 12.6. The average molecular weight is 527 g/mol. The van der Waals surface area contributed by atoms with Crippen LogP contribution in [-0.4, -0.2) is 47.8 Å². The summed E-state index contributed by atoms with van der Waals surface area (Å²) in [4.78, 5) is 26.8. The Hall–Kier alpha value is -2.23. The molecule has 0 radical (unpaired) electrons. The summed E-state index contributed by atoms with van der Waals surface area (Å²) in [6, 6.07) is 3.17. The van der Waals surface area contributed by atoms with Crippen LogP contribution >= 0.6 is 0 Å². The molecule has 5 rings (SSSR count). The zero-order valence-electron chi connectivity index (χ0n) is 22.8. The second-order valence-corrected chi connectivity index (χ2v) is 12.6. The van der Waals surface area contributed by atoms with Crippen molar-refractivity contribution in [3.63, 3.8) is 0 Å². The third-order valence-electron chi connectivity index (χ3n) is 10.9. The monoisotopic (exact) mass is 527 g/mol. The molecular formula is C29H39BFNO6. The first kappa shape index (κ1) is 27.3. The summed E-state index contributed by atoms with van der Waals surface area (Å²) >= 11 is 0. The molecule has 0 spiro atoms. The SMILES string of the molecule is C=C[C@]1(C)C[C@@H](OC(=O)CNc2ccc3c(c2F)B(O)OC3)[C@@]2(C)[C@@H]3C(=O)CC[C@@]3(CC[C@@H]2C)[C@@H](C)[C@@H]1O. The molecule has 206 valence electrons. The predicted octanol–water partition coefficient (Wildman–Crippen LogP) is 3.36. The first-order chi connectivity index (χ1) is 17.9. The Labute approximate surface area is 224 Å². The maximum absolute atomic E-state index is 15.0. The van der Waals surface area contributed by atoms with Crippen molar-refractivity contribution in [2.24, 2.45) is 34.0 Å². The molecule has 0 saturated heterocycles. The van der Waals surface area contributed by atoms with Crippen LogP contribution in [0.2, 0.25) is 0 Å². The molecule has 0 unspecified atom stereocenters. The van der Waals surface area contributed by atoms with E-state index in [1.54, 1.807) is 12.1 Å². The number of rotatable bonds is 5. The van der Waals surface area contributed by atoms with Gasteiger partial charge in [0.25, 0.3) is 0 Å². The lowest BCUT2D eigenvalue weighted by molar-refractivity contribution is -0.205. The summed E-state index contributed by atoms with van der Waals surface area (Å²) in [5, 5.41) is 24.4. The van der Waals surface area contributed by atoms with Crippen LogP contribution in [0.15, 0.2) is 24.8 Å². The predicted molar refractivity (Wildman–Crippen MR) is 142 cm³/mol. The Morgan fingerprint density at radius 3 is 2.79 bits per heavy atom. The Bertz CT molecular complexity index is 1160. The van der Waals surface area contributed by atoms with Crippen molar-refractivity contribution in [2.75, 3.05) is 11.9 Å². The van der Waals surface area contributed by atoms with Gasteiger partial charge < -0.3 is 24.8 Å². The van der Waals surface area contributed by atoms with E-state index in [1.165, 1.54) is 6.07 Å². The van der Waals surface area contributed by atoms with Crippen molar-refractivity contribution in [1.82, 2.24) is 0 Å². The zero-order chi connectivity index (χ0) is 27.6. The molecule has 1 heterocycles. The van der Waals surface area contributed by atoms with Gasteiger partial charge in [-0.25, -0.2) is 4.39 Å². The highest BCUT2D eigenvalue weighted by Gasteiger charge is 2.68. The smallest absolute Gasteiger partial charge is 0.460 e. The fraction of sp³-hybridized carbons (Fsp3) is 0.655. The largest absolute Gasteiger partial charge is 0.494 e. The van der Waals surface area contributed by atoms with Crippen molar-refractivity contribution >= 4 is 30.0 Å². The molecule has 3 fully saturated rings. The van der Waals surface area contributed by atoms with Crippen LogP contribution in [0, 0.1) is 39.8 Å². The molecule has 3 saturated carbocycles. The lowest BCUT2D eigenvalue weighted by atomic mass is 9.44. The van der Waals surface area contributed by atoms with Crippen molar-refractivity contribution in [2.45, 2.75) is 78.6 Å². The Kier molecular flexibility index (Phi) is 6.80. The van der Waals surface area contributed by atoms with Crippen LogP contribution in [0.1, 0.15) is 65.4 Å². The van der Waals surface area contributed by atoms with Gasteiger partial charge in [0.2, 0.25) is 0 Å². The van der Waals surface area contributed by atoms with Crippen molar-refractivity contribution in [3.05, 3.63) is 36.2 Å². The molecule has 7 nitrogen and oxygen atoms in total. The number of ether oxygens (including phenoxy) is 1. The van der Waals surface area contributed by atoms with Gasteiger partial charge in [0, 0.05) is 28.6 Å². The van der Waals surface area contributed by atoms with E-state index in [1.807, 2.05) is 6.92 Å². The van der Waals surface area contributed by atoms with Crippen molar-refractivity contribution < 1.29 is 33.5 Å². The maximum atomic E-state index is 15.0. The minimum absolute atomic E-state index is 0.0744. The van der Waals surface area contributed by atoms with E-state index in [0.29, 0.717) is 18.4 Å². The van der Waals surface area contributed by atoms with Crippen molar-refractivity contribution in [1.29, 1.82) is 0 Å². The van der Waals surface area contributed by atoms with E-state index in [-0.39, 0.29) is 53.3 Å². The molecule has 2 bridgehead atoms. The van der Waals surface area contributed by atoms with Gasteiger partial charge in [0.15, 0.2) is 0 Å². The van der Waals surface area contributed by atoms with E-state index in [9.17, 15) is 24.1 Å². The number of Topliss-reactive ketones (excluding diaryl/α,β-unsaturated/α-hetero) is 1. The summed E-state index contributed by atoms with van der Waals surface area (Å²) in [6.45, 7) is 12.1. The number of ketones is 1. The lowest BCUT2D eigenvalue weighted by Gasteiger charge is -2.61. The van der Waals surface area contributed by atoms with Crippen LogP contribution in [0.4, 0.5) is 10.1 Å². The number of aliphatic hydroxyl groups excluding tert-OH is 1. The highest BCUT2D eigenvalue weighted by atomic mass is 19.1. The van der Waals surface area contributed by atoms with E-state index in [2.05, 4.69) is 32.7 Å². The molecule has 9 heteroatoms. The topological polar surface area (TPSA) is 105 Å².